The second kappa shape index (κ2) is 5.71. The van der Waals surface area contributed by atoms with Crippen LogP contribution in [0.25, 0.3) is 10.6 Å². The SMILES string of the molecule is CCCNCc1nc(-c2sc(C)nc2C)cs1. The van der Waals surface area contributed by atoms with Gasteiger partial charge in [0.1, 0.15) is 5.01 Å². The summed E-state index contributed by atoms with van der Waals surface area (Å²) in [6, 6.07) is 0. The maximum absolute atomic E-state index is 4.65. The smallest absolute Gasteiger partial charge is 0.107 e. The molecule has 0 atom stereocenters. The maximum Gasteiger partial charge on any atom is 0.107 e. The molecule has 5 heteroatoms. The van der Waals surface area contributed by atoms with E-state index in [1.807, 2.05) is 13.8 Å². The molecule has 2 rings (SSSR count). The summed E-state index contributed by atoms with van der Waals surface area (Å²) in [5, 5.41) is 7.76. The number of aromatic nitrogens is 2. The van der Waals surface area contributed by atoms with Crippen LogP contribution in [0.5, 0.6) is 0 Å². The van der Waals surface area contributed by atoms with Crippen LogP contribution in [0.3, 0.4) is 0 Å². The minimum atomic E-state index is 0.870. The topological polar surface area (TPSA) is 37.8 Å². The summed E-state index contributed by atoms with van der Waals surface area (Å²) in [6.45, 7) is 8.18. The molecule has 2 aromatic rings. The number of aryl methyl sites for hydroxylation is 2. The zero-order valence-electron chi connectivity index (χ0n) is 10.4. The largest absolute Gasteiger partial charge is 0.310 e. The molecule has 92 valence electrons. The highest BCUT2D eigenvalue weighted by atomic mass is 32.1. The first-order chi connectivity index (χ1) is 8.20. The highest BCUT2D eigenvalue weighted by Gasteiger charge is 2.10. The van der Waals surface area contributed by atoms with E-state index in [4.69, 9.17) is 0 Å². The van der Waals surface area contributed by atoms with Gasteiger partial charge in [0.15, 0.2) is 0 Å². The zero-order chi connectivity index (χ0) is 12.3. The third kappa shape index (κ3) is 3.12. The molecule has 0 amide bonds. The minimum absolute atomic E-state index is 0.870. The Balaban J connectivity index is 2.10. The van der Waals surface area contributed by atoms with Crippen LogP contribution in [0.1, 0.15) is 29.1 Å². The molecule has 0 saturated heterocycles. The van der Waals surface area contributed by atoms with Gasteiger partial charge in [-0.3, -0.25) is 0 Å². The number of nitrogens with zero attached hydrogens (tertiary/aromatic N) is 2. The van der Waals surface area contributed by atoms with Gasteiger partial charge < -0.3 is 5.32 Å². The molecule has 3 nitrogen and oxygen atoms in total. The van der Waals surface area contributed by atoms with Gasteiger partial charge >= 0.3 is 0 Å². The van der Waals surface area contributed by atoms with Crippen molar-refractivity contribution in [3.05, 3.63) is 21.1 Å². The molecule has 1 N–H and O–H groups in total. The van der Waals surface area contributed by atoms with Crippen LogP contribution in [0, 0.1) is 13.8 Å². The first-order valence-corrected chi connectivity index (χ1v) is 7.50. The zero-order valence-corrected chi connectivity index (χ0v) is 12.0. The van der Waals surface area contributed by atoms with Crippen LogP contribution >= 0.6 is 22.7 Å². The third-order valence-corrected chi connectivity index (χ3v) is 4.34. The molecule has 0 unspecified atom stereocenters. The van der Waals surface area contributed by atoms with Gasteiger partial charge in [0.2, 0.25) is 0 Å². The van der Waals surface area contributed by atoms with Gasteiger partial charge in [-0.25, -0.2) is 9.97 Å². The number of hydrogen-bond acceptors (Lipinski definition) is 5. The summed E-state index contributed by atoms with van der Waals surface area (Å²) in [4.78, 5) is 10.3. The van der Waals surface area contributed by atoms with Gasteiger partial charge in [-0.1, -0.05) is 6.92 Å². The average molecular weight is 267 g/mol. The molecule has 0 aliphatic heterocycles. The van der Waals surface area contributed by atoms with Crippen LogP contribution in [-0.4, -0.2) is 16.5 Å². The van der Waals surface area contributed by atoms with Crippen molar-refractivity contribution in [3.63, 3.8) is 0 Å². The third-order valence-electron chi connectivity index (χ3n) is 2.39. The van der Waals surface area contributed by atoms with Crippen molar-refractivity contribution < 1.29 is 0 Å². The van der Waals surface area contributed by atoms with E-state index in [1.165, 1.54) is 4.88 Å². The first-order valence-electron chi connectivity index (χ1n) is 5.80. The lowest BCUT2D eigenvalue weighted by atomic mass is 10.3. The highest BCUT2D eigenvalue weighted by molar-refractivity contribution is 7.15. The Labute approximate surface area is 110 Å². The van der Waals surface area contributed by atoms with E-state index in [0.29, 0.717) is 0 Å². The quantitative estimate of drug-likeness (QED) is 0.844. The standard InChI is InChI=1S/C12H17N3S2/c1-4-5-13-6-11-15-10(7-16-11)12-8(2)14-9(3)17-12/h7,13H,4-6H2,1-3H3. The fraction of sp³-hybridized carbons (Fsp3) is 0.500. The Bertz CT molecular complexity index is 488. The minimum Gasteiger partial charge on any atom is -0.310 e. The lowest BCUT2D eigenvalue weighted by Gasteiger charge is -1.97. The Kier molecular flexibility index (Phi) is 4.25. The summed E-state index contributed by atoms with van der Waals surface area (Å²) >= 11 is 3.44. The van der Waals surface area contributed by atoms with Gasteiger partial charge in [0, 0.05) is 11.9 Å². The molecule has 0 saturated carbocycles. The number of rotatable bonds is 5. The molecular weight excluding hydrogens is 250 g/mol. The highest BCUT2D eigenvalue weighted by Crippen LogP contribution is 2.30. The molecule has 0 aliphatic rings. The molecule has 0 bridgehead atoms. The van der Waals surface area contributed by atoms with E-state index >= 15 is 0 Å². The Morgan fingerprint density at radius 1 is 1.29 bits per heavy atom. The molecule has 2 aromatic heterocycles. The van der Waals surface area contributed by atoms with E-state index in [0.717, 1.165) is 40.9 Å². The Morgan fingerprint density at radius 2 is 2.12 bits per heavy atom. The summed E-state index contributed by atoms with van der Waals surface area (Å²) in [5.74, 6) is 0. The summed E-state index contributed by atoms with van der Waals surface area (Å²) in [7, 11) is 0. The van der Waals surface area contributed by atoms with Crippen molar-refractivity contribution in [2.24, 2.45) is 0 Å². The molecule has 0 fully saturated rings. The first kappa shape index (κ1) is 12.7. The van der Waals surface area contributed by atoms with Crippen LogP contribution in [0.4, 0.5) is 0 Å². The van der Waals surface area contributed by atoms with Gasteiger partial charge in [0.05, 0.1) is 21.3 Å². The second-order valence-electron chi connectivity index (χ2n) is 3.95. The Morgan fingerprint density at radius 3 is 2.76 bits per heavy atom. The lowest BCUT2D eigenvalue weighted by Crippen LogP contribution is -2.13. The predicted molar refractivity (Wildman–Crippen MR) is 74.7 cm³/mol. The Hall–Kier alpha value is -0.780. The number of hydrogen-bond donors (Lipinski definition) is 1. The van der Waals surface area contributed by atoms with E-state index in [-0.39, 0.29) is 0 Å². The van der Waals surface area contributed by atoms with Crippen LogP contribution in [0.2, 0.25) is 0 Å². The fourth-order valence-corrected chi connectivity index (χ4v) is 3.35. The van der Waals surface area contributed by atoms with Crippen molar-refractivity contribution in [2.45, 2.75) is 33.7 Å². The average Bonchev–Trinajstić information content (AvgIpc) is 2.86. The number of thiazole rings is 2. The van der Waals surface area contributed by atoms with Crippen LogP contribution in [-0.2, 0) is 6.54 Å². The van der Waals surface area contributed by atoms with Crippen molar-refractivity contribution in [1.82, 2.24) is 15.3 Å². The molecule has 17 heavy (non-hydrogen) atoms. The molecule has 0 aliphatic carbocycles. The van der Waals surface area contributed by atoms with Crippen molar-refractivity contribution >= 4 is 22.7 Å². The van der Waals surface area contributed by atoms with Crippen molar-refractivity contribution in [1.29, 1.82) is 0 Å². The van der Waals surface area contributed by atoms with Crippen molar-refractivity contribution in [2.75, 3.05) is 6.54 Å². The van der Waals surface area contributed by atoms with Crippen molar-refractivity contribution in [3.8, 4) is 10.6 Å². The van der Waals surface area contributed by atoms with E-state index in [2.05, 4.69) is 27.6 Å². The van der Waals surface area contributed by atoms with Crippen LogP contribution < -0.4 is 5.32 Å². The second-order valence-corrected chi connectivity index (χ2v) is 6.10. The molecule has 0 radical (unpaired) electrons. The van der Waals surface area contributed by atoms with E-state index < -0.39 is 0 Å². The summed E-state index contributed by atoms with van der Waals surface area (Å²) in [5.41, 5.74) is 2.16. The summed E-state index contributed by atoms with van der Waals surface area (Å²) < 4.78 is 0. The van der Waals surface area contributed by atoms with Gasteiger partial charge in [-0.15, -0.1) is 22.7 Å². The van der Waals surface area contributed by atoms with Crippen LogP contribution in [0.15, 0.2) is 5.38 Å². The fourth-order valence-electron chi connectivity index (χ4n) is 1.64. The maximum atomic E-state index is 4.65. The summed E-state index contributed by atoms with van der Waals surface area (Å²) in [6.07, 6.45) is 1.16. The normalized spacial score (nSPS) is 11.0. The van der Waals surface area contributed by atoms with Gasteiger partial charge in [-0.2, -0.15) is 0 Å². The molecule has 0 aromatic carbocycles. The van der Waals surface area contributed by atoms with E-state index in [9.17, 15) is 0 Å². The van der Waals surface area contributed by atoms with E-state index in [1.54, 1.807) is 22.7 Å². The molecular formula is C12H17N3S2. The predicted octanol–water partition coefficient (Wildman–Crippen LogP) is 3.38. The monoisotopic (exact) mass is 267 g/mol. The number of nitrogens with one attached hydrogen (secondary N) is 1. The van der Waals surface area contributed by atoms with Gasteiger partial charge in [-0.05, 0) is 26.8 Å². The lowest BCUT2D eigenvalue weighted by molar-refractivity contribution is 0.673. The molecule has 2 heterocycles. The van der Waals surface area contributed by atoms with Gasteiger partial charge in [0.25, 0.3) is 0 Å². The molecule has 0 spiro atoms.